The number of ether oxygens (including phenoxy) is 2. The van der Waals surface area contributed by atoms with E-state index in [0.717, 1.165) is 12.8 Å². The van der Waals surface area contributed by atoms with Gasteiger partial charge >= 0.3 is 5.97 Å². The van der Waals surface area contributed by atoms with E-state index in [4.69, 9.17) is 9.47 Å². The average molecular weight is 266 g/mol. The third-order valence-corrected chi connectivity index (χ3v) is 4.07. The van der Waals surface area contributed by atoms with Crippen LogP contribution in [0.15, 0.2) is 12.1 Å². The summed E-state index contributed by atoms with van der Waals surface area (Å²) in [5.74, 6) is 0.0675. The van der Waals surface area contributed by atoms with Gasteiger partial charge in [-0.05, 0) is 30.5 Å². The minimum atomic E-state index is -0.955. The number of rotatable bonds is 3. The van der Waals surface area contributed by atoms with E-state index < -0.39 is 18.1 Å². The fraction of sp³-hybridized carbons (Fsp3) is 0.500. The number of benzene rings is 1. The maximum Gasteiger partial charge on any atom is 0.314 e. The summed E-state index contributed by atoms with van der Waals surface area (Å²) in [6.07, 6.45) is 2.85. The smallest absolute Gasteiger partial charge is 0.314 e. The summed E-state index contributed by atoms with van der Waals surface area (Å²) < 4.78 is 23.6. The van der Waals surface area contributed by atoms with Gasteiger partial charge in [-0.1, -0.05) is 12.8 Å². The van der Waals surface area contributed by atoms with Crippen LogP contribution >= 0.6 is 0 Å². The molecule has 0 bridgehead atoms. The first-order valence-corrected chi connectivity index (χ1v) is 6.40. The first-order chi connectivity index (χ1) is 9.17. The second kappa shape index (κ2) is 4.40. The Balaban J connectivity index is 2.18. The fourth-order valence-corrected chi connectivity index (χ4v) is 3.08. The molecule has 5 heteroatoms. The first-order valence-electron chi connectivity index (χ1n) is 6.40. The molecule has 0 amide bonds. The van der Waals surface area contributed by atoms with Crippen molar-refractivity contribution in [2.75, 3.05) is 6.79 Å². The minimum absolute atomic E-state index is 0.0633. The molecule has 0 radical (unpaired) electrons. The lowest BCUT2D eigenvalue weighted by atomic mass is 9.77. The predicted molar refractivity (Wildman–Crippen MR) is 65.2 cm³/mol. The van der Waals surface area contributed by atoms with E-state index in [-0.39, 0.29) is 6.79 Å². The van der Waals surface area contributed by atoms with Crippen LogP contribution in [-0.2, 0) is 16.9 Å². The van der Waals surface area contributed by atoms with Crippen LogP contribution < -0.4 is 9.47 Å². The van der Waals surface area contributed by atoms with Crippen molar-refractivity contribution in [1.82, 2.24) is 0 Å². The SMILES string of the molecule is O=C(O)C1(c2cc(CF)cc3c2OCO3)CCCC1. The molecule has 1 aromatic rings. The van der Waals surface area contributed by atoms with E-state index in [9.17, 15) is 14.3 Å². The molecule has 1 heterocycles. The third kappa shape index (κ3) is 1.76. The number of aliphatic carboxylic acids is 1. The van der Waals surface area contributed by atoms with Crippen LogP contribution in [0.4, 0.5) is 4.39 Å². The van der Waals surface area contributed by atoms with E-state index in [0.29, 0.717) is 35.5 Å². The zero-order chi connectivity index (χ0) is 13.5. The number of hydrogen-bond donors (Lipinski definition) is 1. The molecule has 102 valence electrons. The van der Waals surface area contributed by atoms with Crippen LogP contribution in [0, 0.1) is 0 Å². The van der Waals surface area contributed by atoms with E-state index >= 15 is 0 Å². The van der Waals surface area contributed by atoms with Crippen molar-refractivity contribution in [3.8, 4) is 11.5 Å². The topological polar surface area (TPSA) is 55.8 Å². The molecule has 1 aliphatic carbocycles. The van der Waals surface area contributed by atoms with Crippen LogP contribution in [0.25, 0.3) is 0 Å². The number of carboxylic acid groups (broad SMARTS) is 1. The number of halogens is 1. The Bertz CT molecular complexity index is 520. The molecular weight excluding hydrogens is 251 g/mol. The van der Waals surface area contributed by atoms with E-state index in [1.54, 1.807) is 12.1 Å². The Labute approximate surface area is 110 Å². The molecule has 0 saturated heterocycles. The largest absolute Gasteiger partial charge is 0.481 e. The number of carbonyl (C=O) groups is 1. The zero-order valence-electron chi connectivity index (χ0n) is 10.4. The van der Waals surface area contributed by atoms with Crippen molar-refractivity contribution >= 4 is 5.97 Å². The van der Waals surface area contributed by atoms with Gasteiger partial charge in [0, 0.05) is 5.56 Å². The molecule has 1 aromatic carbocycles. The predicted octanol–water partition coefficient (Wildman–Crippen LogP) is 2.78. The van der Waals surface area contributed by atoms with Gasteiger partial charge in [-0.15, -0.1) is 0 Å². The van der Waals surface area contributed by atoms with Crippen LogP contribution in [-0.4, -0.2) is 17.9 Å². The highest BCUT2D eigenvalue weighted by atomic mass is 19.1. The van der Waals surface area contributed by atoms with Gasteiger partial charge in [0.2, 0.25) is 6.79 Å². The van der Waals surface area contributed by atoms with Gasteiger partial charge in [-0.2, -0.15) is 0 Å². The summed E-state index contributed by atoms with van der Waals surface area (Å²) in [4.78, 5) is 11.7. The molecule has 1 aliphatic heterocycles. The normalized spacial score (nSPS) is 19.6. The fourth-order valence-electron chi connectivity index (χ4n) is 3.08. The summed E-state index contributed by atoms with van der Waals surface area (Å²) in [5.41, 5.74) is 0.0510. The van der Waals surface area contributed by atoms with E-state index in [1.165, 1.54) is 0 Å². The summed E-state index contributed by atoms with van der Waals surface area (Å²) >= 11 is 0. The molecule has 0 aromatic heterocycles. The quantitative estimate of drug-likeness (QED) is 0.914. The molecule has 1 N–H and O–H groups in total. The van der Waals surface area contributed by atoms with Crippen LogP contribution in [0.1, 0.15) is 36.8 Å². The Morgan fingerprint density at radius 3 is 2.68 bits per heavy atom. The highest BCUT2D eigenvalue weighted by molar-refractivity contribution is 5.83. The summed E-state index contributed by atoms with van der Waals surface area (Å²) in [5, 5.41) is 9.62. The highest BCUT2D eigenvalue weighted by Crippen LogP contribution is 2.49. The number of hydrogen-bond acceptors (Lipinski definition) is 3. The van der Waals surface area contributed by atoms with Gasteiger partial charge in [0.25, 0.3) is 0 Å². The number of alkyl halides is 1. The van der Waals surface area contributed by atoms with Gasteiger partial charge in [0.05, 0.1) is 5.41 Å². The lowest BCUT2D eigenvalue weighted by Gasteiger charge is -2.26. The van der Waals surface area contributed by atoms with Crippen molar-refractivity contribution in [2.45, 2.75) is 37.8 Å². The van der Waals surface area contributed by atoms with E-state index in [1.807, 2.05) is 0 Å². The molecule has 1 saturated carbocycles. The van der Waals surface area contributed by atoms with Crippen LogP contribution in [0.5, 0.6) is 11.5 Å². The van der Waals surface area contributed by atoms with E-state index in [2.05, 4.69) is 0 Å². The lowest BCUT2D eigenvalue weighted by molar-refractivity contribution is -0.143. The minimum Gasteiger partial charge on any atom is -0.481 e. The maximum atomic E-state index is 12.9. The van der Waals surface area contributed by atoms with Crippen LogP contribution in [0.2, 0.25) is 0 Å². The second-order valence-corrected chi connectivity index (χ2v) is 5.11. The maximum absolute atomic E-state index is 12.9. The average Bonchev–Trinajstić information content (AvgIpc) is 3.06. The zero-order valence-corrected chi connectivity index (χ0v) is 10.4. The lowest BCUT2D eigenvalue weighted by Crippen LogP contribution is -2.33. The second-order valence-electron chi connectivity index (χ2n) is 5.11. The Hall–Kier alpha value is -1.78. The number of carboxylic acids is 1. The molecular formula is C14H15FO4. The van der Waals surface area contributed by atoms with Crippen molar-refractivity contribution in [1.29, 1.82) is 0 Å². The first kappa shape index (κ1) is 12.3. The Morgan fingerprint density at radius 2 is 2.05 bits per heavy atom. The molecule has 19 heavy (non-hydrogen) atoms. The summed E-state index contributed by atoms with van der Waals surface area (Å²) in [6, 6.07) is 3.20. The highest BCUT2D eigenvalue weighted by Gasteiger charge is 2.46. The molecule has 2 aliphatic rings. The van der Waals surface area contributed by atoms with Crippen molar-refractivity contribution in [3.63, 3.8) is 0 Å². The summed E-state index contributed by atoms with van der Waals surface area (Å²) in [7, 11) is 0. The Morgan fingerprint density at radius 1 is 1.32 bits per heavy atom. The molecule has 0 unspecified atom stereocenters. The van der Waals surface area contributed by atoms with Crippen LogP contribution in [0.3, 0.4) is 0 Å². The van der Waals surface area contributed by atoms with Crippen molar-refractivity contribution in [3.05, 3.63) is 23.3 Å². The van der Waals surface area contributed by atoms with Crippen molar-refractivity contribution in [2.24, 2.45) is 0 Å². The van der Waals surface area contributed by atoms with Gasteiger partial charge in [-0.3, -0.25) is 4.79 Å². The van der Waals surface area contributed by atoms with Crippen molar-refractivity contribution < 1.29 is 23.8 Å². The molecule has 0 spiro atoms. The monoisotopic (exact) mass is 266 g/mol. The Kier molecular flexibility index (Phi) is 2.84. The van der Waals surface area contributed by atoms with Gasteiger partial charge in [0.1, 0.15) is 6.67 Å². The molecule has 3 rings (SSSR count). The molecule has 0 atom stereocenters. The third-order valence-electron chi connectivity index (χ3n) is 4.07. The summed E-state index contributed by atoms with van der Waals surface area (Å²) in [6.45, 7) is -0.576. The van der Waals surface area contributed by atoms with Gasteiger partial charge in [0.15, 0.2) is 11.5 Å². The molecule has 1 fully saturated rings. The number of fused-ring (bicyclic) bond motifs is 1. The standard InChI is InChI=1S/C14H15FO4/c15-7-9-5-10(12-11(6-9)18-8-19-12)14(13(16)17)3-1-2-4-14/h5-6H,1-4,7-8H2,(H,16,17). The van der Waals surface area contributed by atoms with Gasteiger partial charge < -0.3 is 14.6 Å². The molecule has 4 nitrogen and oxygen atoms in total. The van der Waals surface area contributed by atoms with Gasteiger partial charge in [-0.25, -0.2) is 4.39 Å².